The minimum Gasteiger partial charge on any atom is -0.444 e. The van der Waals surface area contributed by atoms with Crippen molar-refractivity contribution in [3.63, 3.8) is 0 Å². The molecule has 10 nitrogen and oxygen atoms in total. The molecule has 3 atom stereocenters. The summed E-state index contributed by atoms with van der Waals surface area (Å²) in [6.45, 7) is 10.1. The molecule has 0 spiro atoms. The summed E-state index contributed by atoms with van der Waals surface area (Å²) in [5, 5.41) is 8.75. The molecule has 2 aromatic rings. The van der Waals surface area contributed by atoms with E-state index in [1.54, 1.807) is 40.8 Å². The van der Waals surface area contributed by atoms with Crippen LogP contribution in [-0.2, 0) is 25.5 Å². The van der Waals surface area contributed by atoms with Gasteiger partial charge in [-0.05, 0) is 45.2 Å². The van der Waals surface area contributed by atoms with Crippen LogP contribution in [0.1, 0.15) is 47.1 Å². The molecule has 0 unspecified atom stereocenters. The number of hydrogen-bond donors (Lipinski definition) is 5. The van der Waals surface area contributed by atoms with E-state index in [9.17, 15) is 19.2 Å². The van der Waals surface area contributed by atoms with E-state index >= 15 is 0 Å². The number of carbonyl (C=O) groups is 4. The Morgan fingerprint density at radius 3 is 2.24 bits per heavy atom. The molecule has 0 saturated carbocycles. The first-order valence-corrected chi connectivity index (χ1v) is 11.2. The lowest BCUT2D eigenvalue weighted by Gasteiger charge is -2.27. The number of H-pyrrole nitrogens is 1. The highest BCUT2D eigenvalue weighted by Crippen LogP contribution is 2.19. The fourth-order valence-corrected chi connectivity index (χ4v) is 3.34. The Morgan fingerprint density at radius 1 is 1.00 bits per heavy atom. The van der Waals surface area contributed by atoms with Crippen LogP contribution < -0.4 is 21.7 Å². The number of nitrogens with two attached hydrogens (primary N) is 1. The second-order valence-electron chi connectivity index (χ2n) is 9.63. The molecule has 0 aliphatic heterocycles. The first kappa shape index (κ1) is 26.7. The van der Waals surface area contributed by atoms with Crippen molar-refractivity contribution in [2.45, 2.75) is 71.7 Å². The molecular formula is C24H35N5O5. The van der Waals surface area contributed by atoms with Crippen LogP contribution in [0.3, 0.4) is 0 Å². The fraction of sp³-hybridized carbons (Fsp3) is 0.500. The second kappa shape index (κ2) is 11.0. The number of primary amides is 1. The van der Waals surface area contributed by atoms with Crippen LogP contribution in [0.5, 0.6) is 0 Å². The van der Waals surface area contributed by atoms with Gasteiger partial charge < -0.3 is 31.4 Å². The van der Waals surface area contributed by atoms with Crippen molar-refractivity contribution in [3.05, 3.63) is 36.0 Å². The number of rotatable bonds is 9. The zero-order valence-corrected chi connectivity index (χ0v) is 20.5. The third-order valence-electron chi connectivity index (χ3n) is 5.14. The van der Waals surface area contributed by atoms with Crippen molar-refractivity contribution in [2.24, 2.45) is 11.7 Å². The monoisotopic (exact) mass is 473 g/mol. The van der Waals surface area contributed by atoms with E-state index in [0.717, 1.165) is 16.5 Å². The van der Waals surface area contributed by atoms with E-state index in [-0.39, 0.29) is 12.3 Å². The Balaban J connectivity index is 2.26. The number of fused-ring (bicyclic) bond motifs is 1. The molecule has 0 aliphatic carbocycles. The molecule has 0 radical (unpaired) electrons. The van der Waals surface area contributed by atoms with Crippen molar-refractivity contribution < 1.29 is 23.9 Å². The molecule has 1 aromatic heterocycles. The number of alkyl carbamates (subject to hydrolysis) is 1. The fourth-order valence-electron chi connectivity index (χ4n) is 3.34. The molecule has 34 heavy (non-hydrogen) atoms. The zero-order valence-electron chi connectivity index (χ0n) is 20.5. The maximum Gasteiger partial charge on any atom is 0.408 e. The molecule has 0 saturated heterocycles. The normalized spacial score (nSPS) is 14.2. The van der Waals surface area contributed by atoms with E-state index in [1.165, 1.54) is 6.92 Å². The van der Waals surface area contributed by atoms with Crippen LogP contribution in [0.15, 0.2) is 30.5 Å². The van der Waals surface area contributed by atoms with Gasteiger partial charge in [0.2, 0.25) is 17.7 Å². The number of amides is 4. The summed E-state index contributed by atoms with van der Waals surface area (Å²) >= 11 is 0. The summed E-state index contributed by atoms with van der Waals surface area (Å²) in [5.74, 6) is -2.08. The highest BCUT2D eigenvalue weighted by atomic mass is 16.6. The Hall–Kier alpha value is -3.56. The van der Waals surface area contributed by atoms with Crippen molar-refractivity contribution in [3.8, 4) is 0 Å². The van der Waals surface area contributed by atoms with Gasteiger partial charge in [-0.25, -0.2) is 4.79 Å². The minimum absolute atomic E-state index is 0.166. The average molecular weight is 474 g/mol. The van der Waals surface area contributed by atoms with Crippen molar-refractivity contribution in [1.82, 2.24) is 20.9 Å². The summed E-state index contributed by atoms with van der Waals surface area (Å²) in [6.07, 6.45) is 1.20. The highest BCUT2D eigenvalue weighted by Gasteiger charge is 2.31. The van der Waals surface area contributed by atoms with Gasteiger partial charge in [0.05, 0.1) is 0 Å². The standard InChI is InChI=1S/C24H35N5O5/c1-13(2)19(22(32)27-14(3)20(25)30)29-21(31)18(28-23(33)34-24(4,5)6)11-15-12-26-17-10-8-7-9-16(15)17/h7-10,12-14,18-19,26H,11H2,1-6H3,(H2,25,30)(H,27,32)(H,28,33)(H,29,31)/t14-,18-,19+/m0/s1. The summed E-state index contributed by atoms with van der Waals surface area (Å²) in [6, 6.07) is 4.75. The minimum atomic E-state index is -1.02. The largest absolute Gasteiger partial charge is 0.444 e. The maximum atomic E-state index is 13.3. The van der Waals surface area contributed by atoms with Gasteiger partial charge in [0, 0.05) is 23.5 Å². The van der Waals surface area contributed by atoms with Crippen LogP contribution in [0, 0.1) is 5.92 Å². The molecule has 0 fully saturated rings. The number of aromatic nitrogens is 1. The summed E-state index contributed by atoms with van der Waals surface area (Å²) in [5.41, 5.74) is 6.19. The van der Waals surface area contributed by atoms with Crippen molar-refractivity contribution in [1.29, 1.82) is 0 Å². The Morgan fingerprint density at radius 2 is 1.65 bits per heavy atom. The SMILES string of the molecule is CC(C)[C@@H](NC(=O)[C@H](Cc1c[nH]c2ccccc12)NC(=O)OC(C)(C)C)C(=O)N[C@@H](C)C(N)=O. The van der Waals surface area contributed by atoms with Crippen molar-refractivity contribution in [2.75, 3.05) is 0 Å². The van der Waals surface area contributed by atoms with Crippen LogP contribution >= 0.6 is 0 Å². The van der Waals surface area contributed by atoms with Gasteiger partial charge in [0.25, 0.3) is 0 Å². The predicted octanol–water partition coefficient (Wildman–Crippen LogP) is 1.73. The van der Waals surface area contributed by atoms with E-state index in [0.29, 0.717) is 0 Å². The summed E-state index contributed by atoms with van der Waals surface area (Å²) in [7, 11) is 0. The average Bonchev–Trinajstić information content (AvgIpc) is 3.12. The van der Waals surface area contributed by atoms with E-state index in [1.807, 2.05) is 24.3 Å². The molecule has 6 N–H and O–H groups in total. The Kier molecular flexibility index (Phi) is 8.67. The molecule has 0 aliphatic rings. The maximum absolute atomic E-state index is 13.3. The number of aromatic amines is 1. The van der Waals surface area contributed by atoms with Crippen LogP contribution in [0.4, 0.5) is 4.79 Å². The first-order valence-electron chi connectivity index (χ1n) is 11.2. The van der Waals surface area contributed by atoms with E-state index < -0.39 is 47.5 Å². The molecule has 1 heterocycles. The molecule has 1 aromatic carbocycles. The number of ether oxygens (including phenoxy) is 1. The summed E-state index contributed by atoms with van der Waals surface area (Å²) in [4.78, 5) is 53.0. The lowest BCUT2D eigenvalue weighted by molar-refractivity contribution is -0.132. The topological polar surface area (TPSA) is 155 Å². The lowest BCUT2D eigenvalue weighted by atomic mass is 10.0. The van der Waals surface area contributed by atoms with Crippen LogP contribution in [0.2, 0.25) is 0 Å². The van der Waals surface area contributed by atoms with Crippen LogP contribution in [0.25, 0.3) is 10.9 Å². The van der Waals surface area contributed by atoms with Gasteiger partial charge in [0.15, 0.2) is 0 Å². The highest BCUT2D eigenvalue weighted by molar-refractivity contribution is 5.94. The molecule has 2 rings (SSSR count). The van der Waals surface area contributed by atoms with E-state index in [4.69, 9.17) is 10.5 Å². The Labute approximate surface area is 199 Å². The number of nitrogens with one attached hydrogen (secondary N) is 4. The third kappa shape index (κ3) is 7.50. The first-order chi connectivity index (χ1) is 15.8. The number of benzene rings is 1. The van der Waals surface area contributed by atoms with Gasteiger partial charge in [-0.2, -0.15) is 0 Å². The molecule has 186 valence electrons. The molecule has 10 heteroatoms. The number of hydrogen-bond acceptors (Lipinski definition) is 5. The second-order valence-corrected chi connectivity index (χ2v) is 9.63. The smallest absolute Gasteiger partial charge is 0.408 e. The molecule has 0 bridgehead atoms. The van der Waals surface area contributed by atoms with Gasteiger partial charge >= 0.3 is 6.09 Å². The van der Waals surface area contributed by atoms with Gasteiger partial charge in [-0.1, -0.05) is 32.0 Å². The predicted molar refractivity (Wildman–Crippen MR) is 129 cm³/mol. The Bertz CT molecular complexity index is 1040. The third-order valence-corrected chi connectivity index (χ3v) is 5.14. The lowest BCUT2D eigenvalue weighted by Crippen LogP contribution is -2.58. The zero-order chi connectivity index (χ0) is 25.6. The van der Waals surface area contributed by atoms with Crippen molar-refractivity contribution >= 4 is 34.7 Å². The molecule has 4 amide bonds. The number of carbonyl (C=O) groups excluding carboxylic acids is 4. The van der Waals surface area contributed by atoms with Gasteiger partial charge in [-0.15, -0.1) is 0 Å². The molecular weight excluding hydrogens is 438 g/mol. The van der Waals surface area contributed by atoms with Gasteiger partial charge in [-0.3, -0.25) is 14.4 Å². The number of para-hydroxylation sites is 1. The summed E-state index contributed by atoms with van der Waals surface area (Å²) < 4.78 is 5.34. The quantitative estimate of drug-likeness (QED) is 0.375. The van der Waals surface area contributed by atoms with E-state index in [2.05, 4.69) is 20.9 Å². The van der Waals surface area contributed by atoms with Gasteiger partial charge in [0.1, 0.15) is 23.7 Å². The van der Waals surface area contributed by atoms with Crippen LogP contribution in [-0.4, -0.2) is 52.5 Å².